The number of rotatable bonds is 26. The number of carboxylic acids is 2. The number of hydrogen-bond donors (Lipinski definition) is 12. The molecule has 2 heterocycles. The summed E-state index contributed by atoms with van der Waals surface area (Å²) in [6.45, 7) is 6.59. The van der Waals surface area contributed by atoms with Crippen LogP contribution in [0, 0.1) is 26.1 Å². The molecule has 0 unspecified atom stereocenters. The lowest BCUT2D eigenvalue weighted by molar-refractivity contribution is -0.393. The first-order chi connectivity index (χ1) is 38.5. The second-order valence-electron chi connectivity index (χ2n) is 19.4. The second-order valence-corrected chi connectivity index (χ2v) is 19.4. The first kappa shape index (κ1) is 64.9. The summed E-state index contributed by atoms with van der Waals surface area (Å²) in [5, 5.41) is 66.6. The van der Waals surface area contributed by atoms with Crippen LogP contribution in [0.5, 0.6) is 5.75 Å². The van der Waals surface area contributed by atoms with Gasteiger partial charge in [-0.2, -0.15) is 13.2 Å². The van der Waals surface area contributed by atoms with E-state index in [1.54, 1.807) is 44.3 Å². The fraction of sp³-hybridized carbons (Fsp3) is 0.431. The molecule has 6 amide bonds. The number of guanidine groups is 1. The molecule has 28 nitrogen and oxygen atoms in total. The first-order valence-corrected chi connectivity index (χ1v) is 25.4. The van der Waals surface area contributed by atoms with Gasteiger partial charge < -0.3 is 68.6 Å². The number of halogens is 3. The largest absolute Gasteiger partial charge is 0.508 e. The second kappa shape index (κ2) is 29.6. The zero-order valence-corrected chi connectivity index (χ0v) is 44.7. The molecule has 1 aliphatic rings. The standard InChI is InChI=1S/C49H63N13O13.C2HF3O2/c1-26(2)21-36(59-47(69)40-12-8-20-60(40)39-18-15-31(61(72)73)24-41(39)62(74)75)44(66)54-28(4)43(65)57-37(22-29-13-16-32(63)17-14-29)46(68)58-38(23-30-25-53-34-10-6-5-9-33(30)34)45(67)55-27(3)42(64)56-35(48(70)71)11-7-19-52-49(50)51;3-2(4,5)1(6)7/h5-6,9-10,13-18,24-28,35-38,40,53,63H,7-8,11-12,19-23H2,1-4H3,(H,54,66)(H,55,67)(H,56,64)(H,57,65)(H,58,68)(H,59,69)(H,70,71)(H4,50,51,52);(H,6,7)/t27-,28-,35-,36-,37-,38-,40-;/m0./s1. The van der Waals surface area contributed by atoms with E-state index in [1.807, 2.05) is 0 Å². The highest BCUT2D eigenvalue weighted by Crippen LogP contribution is 2.36. The normalized spacial score (nSPS) is 15.2. The van der Waals surface area contributed by atoms with Crippen molar-refractivity contribution in [2.45, 2.75) is 121 Å². The van der Waals surface area contributed by atoms with Gasteiger partial charge in [-0.25, -0.2) is 9.59 Å². The van der Waals surface area contributed by atoms with Crippen molar-refractivity contribution in [3.8, 4) is 5.75 Å². The summed E-state index contributed by atoms with van der Waals surface area (Å²) in [7, 11) is 0. The number of hydrogen-bond acceptors (Lipinski definition) is 15. The molecule has 82 heavy (non-hydrogen) atoms. The molecule has 0 saturated carbocycles. The molecular formula is C51H64F3N13O15. The van der Waals surface area contributed by atoms with E-state index in [4.69, 9.17) is 21.4 Å². The molecular weight excluding hydrogens is 1090 g/mol. The smallest absolute Gasteiger partial charge is 0.490 e. The van der Waals surface area contributed by atoms with Crippen LogP contribution in [0.25, 0.3) is 10.9 Å². The minimum atomic E-state index is -5.08. The Labute approximate surface area is 465 Å². The van der Waals surface area contributed by atoms with Gasteiger partial charge in [-0.15, -0.1) is 0 Å². The molecule has 7 atom stereocenters. The summed E-state index contributed by atoms with van der Waals surface area (Å²) in [4.78, 5) is 135. The Morgan fingerprint density at radius 1 is 0.756 bits per heavy atom. The number of nitrogens with one attached hydrogen (secondary N) is 7. The van der Waals surface area contributed by atoms with Crippen molar-refractivity contribution in [2.75, 3.05) is 18.0 Å². The SMILES string of the molecule is CC(C)C[C@H](NC(=O)[C@@H]1CCCN1c1ccc([N+](=O)[O-])cc1[N+](=O)[O-])C(=O)N[C@@H](C)C(=O)N[C@@H](Cc1ccc(O)cc1)C(=O)N[C@@H](Cc1c[nH]c2ccccc12)C(=O)N[C@@H](C)C(=O)N[C@@H](CCCN=C(N)N)C(=O)O.O=C(O)C(F)(F)F. The number of H-pyrrole nitrogens is 1. The number of amides is 6. The van der Waals surface area contributed by atoms with E-state index >= 15 is 0 Å². The third-order valence-corrected chi connectivity index (χ3v) is 12.6. The molecule has 4 aromatic rings. The van der Waals surface area contributed by atoms with Gasteiger partial charge in [0.25, 0.3) is 11.4 Å². The Morgan fingerprint density at radius 3 is 1.88 bits per heavy atom. The third-order valence-electron chi connectivity index (χ3n) is 12.6. The van der Waals surface area contributed by atoms with Crippen LogP contribution in [-0.2, 0) is 51.2 Å². The molecule has 0 spiro atoms. The van der Waals surface area contributed by atoms with Crippen LogP contribution in [0.1, 0.15) is 70.9 Å². The van der Waals surface area contributed by atoms with Crippen LogP contribution in [0.15, 0.2) is 77.9 Å². The lowest BCUT2D eigenvalue weighted by atomic mass is 10.0. The fourth-order valence-corrected chi connectivity index (χ4v) is 8.51. The number of carbonyl (C=O) groups excluding carboxylic acids is 6. The van der Waals surface area contributed by atoms with E-state index in [9.17, 15) is 77.2 Å². The van der Waals surface area contributed by atoms with Crippen LogP contribution in [0.2, 0.25) is 0 Å². The molecule has 1 fully saturated rings. The molecule has 0 radical (unpaired) electrons. The molecule has 0 bridgehead atoms. The van der Waals surface area contributed by atoms with Crippen molar-refractivity contribution in [1.29, 1.82) is 0 Å². The highest BCUT2D eigenvalue weighted by molar-refractivity contribution is 5.98. The van der Waals surface area contributed by atoms with Gasteiger partial charge in [0.1, 0.15) is 53.7 Å². The van der Waals surface area contributed by atoms with Crippen LogP contribution in [-0.4, -0.2) is 145 Å². The number of para-hydroxylation sites is 1. The Balaban J connectivity index is 0.00000193. The zero-order chi connectivity index (χ0) is 61.2. The molecule has 1 aromatic heterocycles. The number of nitro groups is 2. The number of nitrogens with two attached hydrogens (primary N) is 2. The number of carbonyl (C=O) groups is 8. The van der Waals surface area contributed by atoms with Crippen molar-refractivity contribution < 1.29 is 76.7 Å². The number of phenols is 1. The van der Waals surface area contributed by atoms with Gasteiger partial charge in [-0.1, -0.05) is 44.2 Å². The van der Waals surface area contributed by atoms with E-state index in [2.05, 4.69) is 41.9 Å². The monoisotopic (exact) mass is 1160 g/mol. The summed E-state index contributed by atoms with van der Waals surface area (Å²) in [5.74, 6) is -9.32. The number of nitrogens with zero attached hydrogens (tertiary/aromatic N) is 4. The lowest BCUT2D eigenvalue weighted by Gasteiger charge is -2.29. The maximum Gasteiger partial charge on any atom is 0.490 e. The van der Waals surface area contributed by atoms with E-state index in [0.29, 0.717) is 17.5 Å². The van der Waals surface area contributed by atoms with Gasteiger partial charge >= 0.3 is 18.1 Å². The molecule has 1 saturated heterocycles. The number of aliphatic imine (C=N–C) groups is 1. The van der Waals surface area contributed by atoms with E-state index in [-0.39, 0.29) is 74.9 Å². The van der Waals surface area contributed by atoms with Crippen molar-refractivity contribution in [3.05, 3.63) is 104 Å². The van der Waals surface area contributed by atoms with Gasteiger partial charge in [0.15, 0.2) is 5.96 Å². The number of non-ortho nitro benzene ring substituents is 1. The minimum absolute atomic E-state index is 0.00799. The van der Waals surface area contributed by atoms with Crippen molar-refractivity contribution in [2.24, 2.45) is 22.4 Å². The van der Waals surface area contributed by atoms with Gasteiger partial charge in [-0.05, 0) is 87.3 Å². The zero-order valence-electron chi connectivity index (χ0n) is 44.7. The maximum absolute atomic E-state index is 14.5. The Morgan fingerprint density at radius 2 is 1.32 bits per heavy atom. The first-order valence-electron chi connectivity index (χ1n) is 25.4. The Bertz CT molecular complexity index is 3010. The number of aromatic hydroxyl groups is 1. The molecule has 1 aliphatic heterocycles. The average molecular weight is 1160 g/mol. The summed E-state index contributed by atoms with van der Waals surface area (Å²) in [6, 6.07) is 7.04. The number of carboxylic acid groups (broad SMARTS) is 2. The van der Waals surface area contributed by atoms with Crippen molar-refractivity contribution in [3.63, 3.8) is 0 Å². The number of aromatic amines is 1. The lowest BCUT2D eigenvalue weighted by Crippen LogP contribution is -2.60. The number of alkyl halides is 3. The molecule has 5 rings (SSSR count). The van der Waals surface area contributed by atoms with E-state index < -0.39 is 117 Å². The van der Waals surface area contributed by atoms with Gasteiger partial charge in [-0.3, -0.25) is 54.0 Å². The van der Waals surface area contributed by atoms with Gasteiger partial charge in [0.2, 0.25) is 35.4 Å². The third kappa shape index (κ3) is 19.4. The number of phenolic OH excluding ortho intramolecular Hbond substituents is 1. The minimum Gasteiger partial charge on any atom is -0.508 e. The number of fused-ring (bicyclic) bond motifs is 1. The average Bonchev–Trinajstić information content (AvgIpc) is 4.07. The molecule has 3 aromatic carbocycles. The predicted molar refractivity (Wildman–Crippen MR) is 288 cm³/mol. The number of aromatic nitrogens is 1. The van der Waals surface area contributed by atoms with Crippen molar-refractivity contribution in [1.82, 2.24) is 36.9 Å². The van der Waals surface area contributed by atoms with E-state index in [0.717, 1.165) is 23.0 Å². The maximum atomic E-state index is 14.5. The number of benzene rings is 3. The molecule has 0 aliphatic carbocycles. The quantitative estimate of drug-likeness (QED) is 0.0140. The highest BCUT2D eigenvalue weighted by atomic mass is 19.4. The predicted octanol–water partition coefficient (Wildman–Crippen LogP) is 1.91. The van der Waals surface area contributed by atoms with E-state index in [1.165, 1.54) is 49.1 Å². The Kier molecular flexibility index (Phi) is 23.4. The molecule has 14 N–H and O–H groups in total. The topological polar surface area (TPSA) is 439 Å². The highest BCUT2D eigenvalue weighted by Gasteiger charge is 2.39. The number of nitro benzene ring substituents is 2. The summed E-state index contributed by atoms with van der Waals surface area (Å²) in [6.07, 6.45) is -2.79. The van der Waals surface area contributed by atoms with Crippen LogP contribution >= 0.6 is 0 Å². The summed E-state index contributed by atoms with van der Waals surface area (Å²) >= 11 is 0. The number of anilines is 1. The van der Waals surface area contributed by atoms with Crippen molar-refractivity contribution >= 4 is 81.3 Å². The fourth-order valence-electron chi connectivity index (χ4n) is 8.51. The van der Waals surface area contributed by atoms with Crippen LogP contribution < -0.4 is 48.3 Å². The Hall–Kier alpha value is -9.58. The number of aliphatic carboxylic acids is 2. The van der Waals surface area contributed by atoms with Crippen LogP contribution in [0.3, 0.4) is 0 Å². The van der Waals surface area contributed by atoms with Crippen LogP contribution in [0.4, 0.5) is 30.2 Å². The molecule has 444 valence electrons. The molecule has 31 heteroatoms. The summed E-state index contributed by atoms with van der Waals surface area (Å²) in [5.41, 5.74) is 11.4. The summed E-state index contributed by atoms with van der Waals surface area (Å²) < 4.78 is 31.7. The van der Waals surface area contributed by atoms with Gasteiger partial charge in [0.05, 0.1) is 15.9 Å². The van der Waals surface area contributed by atoms with Gasteiger partial charge in [0, 0.05) is 49.1 Å².